The second-order valence-corrected chi connectivity index (χ2v) is 8.03. The summed E-state index contributed by atoms with van der Waals surface area (Å²) in [6.07, 6.45) is 3.55. The smallest absolute Gasteiger partial charge is 0.326 e. The van der Waals surface area contributed by atoms with E-state index in [-0.39, 0.29) is 17.6 Å². The van der Waals surface area contributed by atoms with Crippen molar-refractivity contribution in [3.05, 3.63) is 76.8 Å². The topological polar surface area (TPSA) is 83.0 Å². The lowest BCUT2D eigenvalue weighted by molar-refractivity contribution is 0.0945. The van der Waals surface area contributed by atoms with E-state index in [2.05, 4.69) is 20.2 Å². The second-order valence-electron chi connectivity index (χ2n) is 8.03. The molecule has 1 saturated heterocycles. The van der Waals surface area contributed by atoms with Gasteiger partial charge in [0.05, 0.1) is 22.1 Å². The van der Waals surface area contributed by atoms with Gasteiger partial charge >= 0.3 is 5.69 Å². The molecule has 0 bridgehead atoms. The first kappa shape index (κ1) is 19.5. The van der Waals surface area contributed by atoms with Crippen LogP contribution in [0.4, 0.5) is 0 Å². The van der Waals surface area contributed by atoms with E-state index >= 15 is 0 Å². The van der Waals surface area contributed by atoms with E-state index in [4.69, 9.17) is 0 Å². The van der Waals surface area contributed by atoms with Crippen LogP contribution in [0, 0.1) is 0 Å². The highest BCUT2D eigenvalue weighted by Crippen LogP contribution is 2.24. The third kappa shape index (κ3) is 3.84. The molecular weight excluding hydrogens is 390 g/mol. The number of para-hydroxylation sites is 3. The van der Waals surface area contributed by atoms with Gasteiger partial charge in [0, 0.05) is 43.8 Å². The lowest BCUT2D eigenvalue weighted by atomic mass is 10.0. The summed E-state index contributed by atoms with van der Waals surface area (Å²) in [5, 5.41) is 3.99. The largest absolute Gasteiger partial charge is 0.351 e. The minimum atomic E-state index is -0.0930. The highest BCUT2D eigenvalue weighted by molar-refractivity contribution is 6.05. The number of H-pyrrole nitrogens is 1. The molecule has 0 radical (unpaired) electrons. The number of carbonyl (C=O) groups is 1. The average molecular weight is 415 g/mol. The van der Waals surface area contributed by atoms with Crippen LogP contribution >= 0.6 is 0 Å². The number of pyridine rings is 1. The van der Waals surface area contributed by atoms with Crippen LogP contribution in [0.25, 0.3) is 21.9 Å². The molecule has 0 spiro atoms. The predicted molar refractivity (Wildman–Crippen MR) is 121 cm³/mol. The van der Waals surface area contributed by atoms with Crippen LogP contribution in [0.3, 0.4) is 0 Å². The molecule has 1 amide bonds. The third-order valence-corrected chi connectivity index (χ3v) is 6.14. The number of benzene rings is 2. The minimum absolute atomic E-state index is 0.0318. The summed E-state index contributed by atoms with van der Waals surface area (Å²) in [4.78, 5) is 34.8. The number of likely N-dealkylation sites (tertiary alicyclic amines) is 1. The Bertz CT molecular complexity index is 1280. The molecule has 5 rings (SSSR count). The number of aromatic amines is 1. The third-order valence-electron chi connectivity index (χ3n) is 6.14. The first-order chi connectivity index (χ1) is 15.2. The van der Waals surface area contributed by atoms with Crippen LogP contribution in [0.5, 0.6) is 0 Å². The van der Waals surface area contributed by atoms with Gasteiger partial charge in [0.25, 0.3) is 5.91 Å². The molecule has 0 atom stereocenters. The Balaban J connectivity index is 1.17. The lowest BCUT2D eigenvalue weighted by Gasteiger charge is -2.32. The van der Waals surface area contributed by atoms with E-state index < -0.39 is 0 Å². The van der Waals surface area contributed by atoms with E-state index in [0.29, 0.717) is 12.1 Å². The summed E-state index contributed by atoms with van der Waals surface area (Å²) in [5.74, 6) is -0.0930. The number of piperidine rings is 1. The van der Waals surface area contributed by atoms with Crippen molar-refractivity contribution in [2.45, 2.75) is 18.9 Å². The highest BCUT2D eigenvalue weighted by Gasteiger charge is 2.23. The van der Waals surface area contributed by atoms with Crippen LogP contribution < -0.4 is 11.0 Å². The molecule has 1 fully saturated rings. The zero-order valence-electron chi connectivity index (χ0n) is 17.3. The van der Waals surface area contributed by atoms with Gasteiger partial charge in [-0.1, -0.05) is 30.3 Å². The van der Waals surface area contributed by atoms with Crippen molar-refractivity contribution < 1.29 is 4.79 Å². The number of fused-ring (bicyclic) bond motifs is 2. The molecule has 158 valence electrons. The second kappa shape index (κ2) is 8.35. The molecular formula is C24H25N5O2. The van der Waals surface area contributed by atoms with Crippen molar-refractivity contribution in [1.29, 1.82) is 0 Å². The van der Waals surface area contributed by atoms with E-state index in [0.717, 1.165) is 54.4 Å². The summed E-state index contributed by atoms with van der Waals surface area (Å²) in [6.45, 7) is 3.18. The Morgan fingerprint density at radius 3 is 2.74 bits per heavy atom. The van der Waals surface area contributed by atoms with Crippen molar-refractivity contribution in [2.24, 2.45) is 0 Å². The molecule has 0 aliphatic carbocycles. The highest BCUT2D eigenvalue weighted by atomic mass is 16.2. The zero-order valence-corrected chi connectivity index (χ0v) is 17.3. The number of rotatable bonds is 5. The Morgan fingerprint density at radius 2 is 1.87 bits per heavy atom. The van der Waals surface area contributed by atoms with Crippen LogP contribution in [0.2, 0.25) is 0 Å². The van der Waals surface area contributed by atoms with Crippen LogP contribution in [0.15, 0.2) is 65.6 Å². The number of hydrogen-bond donors (Lipinski definition) is 2. The molecule has 7 nitrogen and oxygen atoms in total. The predicted octanol–water partition coefficient (Wildman–Crippen LogP) is 2.94. The molecule has 1 aliphatic heterocycles. The fraction of sp³-hybridized carbons (Fsp3) is 0.292. The number of nitrogens with zero attached hydrogens (tertiary/aromatic N) is 3. The first-order valence-corrected chi connectivity index (χ1v) is 10.7. The molecule has 2 aromatic carbocycles. The monoisotopic (exact) mass is 415 g/mol. The summed E-state index contributed by atoms with van der Waals surface area (Å²) in [7, 11) is 0. The van der Waals surface area contributed by atoms with E-state index in [9.17, 15) is 9.59 Å². The number of hydrogen-bond acceptors (Lipinski definition) is 4. The Kier molecular flexibility index (Phi) is 5.26. The fourth-order valence-electron chi connectivity index (χ4n) is 4.55. The minimum Gasteiger partial charge on any atom is -0.351 e. The quantitative estimate of drug-likeness (QED) is 0.525. The maximum atomic E-state index is 12.7. The van der Waals surface area contributed by atoms with Gasteiger partial charge < -0.3 is 15.2 Å². The van der Waals surface area contributed by atoms with Crippen LogP contribution in [0.1, 0.15) is 29.2 Å². The number of aromatic nitrogens is 3. The van der Waals surface area contributed by atoms with Crippen molar-refractivity contribution in [3.8, 4) is 0 Å². The Labute approximate surface area is 179 Å². The van der Waals surface area contributed by atoms with Crippen LogP contribution in [-0.4, -0.2) is 51.5 Å². The van der Waals surface area contributed by atoms with Crippen molar-refractivity contribution in [2.75, 3.05) is 26.2 Å². The maximum Gasteiger partial charge on any atom is 0.326 e. The molecule has 7 heteroatoms. The van der Waals surface area contributed by atoms with Gasteiger partial charge in [0.1, 0.15) is 0 Å². The molecule has 0 saturated carbocycles. The Hall–Kier alpha value is -3.45. The number of nitrogens with one attached hydrogen (secondary N) is 2. The van der Waals surface area contributed by atoms with Gasteiger partial charge in [-0.05, 0) is 37.1 Å². The van der Waals surface area contributed by atoms with Crippen molar-refractivity contribution in [1.82, 2.24) is 24.8 Å². The molecule has 31 heavy (non-hydrogen) atoms. The molecule has 3 heterocycles. The molecule has 2 N–H and O–H groups in total. The zero-order chi connectivity index (χ0) is 21.2. The number of amides is 1. The molecule has 0 unspecified atom stereocenters. The van der Waals surface area contributed by atoms with Crippen molar-refractivity contribution >= 4 is 27.8 Å². The summed E-state index contributed by atoms with van der Waals surface area (Å²) < 4.78 is 1.90. The van der Waals surface area contributed by atoms with E-state index in [1.807, 2.05) is 59.2 Å². The maximum absolute atomic E-state index is 12.7. The van der Waals surface area contributed by atoms with Crippen molar-refractivity contribution in [3.63, 3.8) is 0 Å². The van der Waals surface area contributed by atoms with Gasteiger partial charge in [-0.15, -0.1) is 0 Å². The Morgan fingerprint density at radius 1 is 1.06 bits per heavy atom. The molecule has 1 aliphatic rings. The average Bonchev–Trinajstić information content (AvgIpc) is 3.15. The van der Waals surface area contributed by atoms with Gasteiger partial charge in [-0.2, -0.15) is 0 Å². The SMILES string of the molecule is O=C(NCCN1CCC(n2c(=O)[nH]c3ccccc32)CC1)c1cccc2cccnc12. The van der Waals surface area contributed by atoms with E-state index in [1.165, 1.54) is 0 Å². The van der Waals surface area contributed by atoms with Gasteiger partial charge in [-0.3, -0.25) is 14.3 Å². The summed E-state index contributed by atoms with van der Waals surface area (Å²) in [6, 6.07) is 17.5. The van der Waals surface area contributed by atoms with Crippen LogP contribution in [-0.2, 0) is 0 Å². The summed E-state index contributed by atoms with van der Waals surface area (Å²) in [5.41, 5.74) is 3.17. The standard InChI is InChI=1S/C24H25N5O2/c30-23(19-7-3-5-17-6-4-12-25-22(17)19)26-13-16-28-14-10-18(11-15-28)29-21-9-2-1-8-20(21)27-24(29)31/h1-9,12,18H,10-11,13-16H2,(H,26,30)(H,27,31). The fourth-order valence-corrected chi connectivity index (χ4v) is 4.55. The molecule has 2 aromatic heterocycles. The van der Waals surface area contributed by atoms with Gasteiger partial charge in [-0.25, -0.2) is 4.79 Å². The van der Waals surface area contributed by atoms with Gasteiger partial charge in [0.2, 0.25) is 0 Å². The number of carbonyl (C=O) groups excluding carboxylic acids is 1. The lowest BCUT2D eigenvalue weighted by Crippen LogP contribution is -2.41. The normalized spacial score (nSPS) is 15.5. The van der Waals surface area contributed by atoms with E-state index in [1.54, 1.807) is 6.20 Å². The van der Waals surface area contributed by atoms with Gasteiger partial charge in [0.15, 0.2) is 0 Å². The number of imidazole rings is 1. The first-order valence-electron chi connectivity index (χ1n) is 10.7. The molecule has 4 aromatic rings. The summed E-state index contributed by atoms with van der Waals surface area (Å²) >= 11 is 0.